The van der Waals surface area contributed by atoms with Crippen molar-refractivity contribution < 1.29 is 0 Å². The highest BCUT2D eigenvalue weighted by Gasteiger charge is 2.28. The van der Waals surface area contributed by atoms with Crippen LogP contribution in [-0.2, 0) is 0 Å². The van der Waals surface area contributed by atoms with Gasteiger partial charge in [0.1, 0.15) is 0 Å². The fourth-order valence-electron chi connectivity index (χ4n) is 2.73. The van der Waals surface area contributed by atoms with Crippen molar-refractivity contribution in [2.45, 2.75) is 39.7 Å². The molecule has 0 radical (unpaired) electrons. The van der Waals surface area contributed by atoms with E-state index in [0.29, 0.717) is 0 Å². The van der Waals surface area contributed by atoms with Crippen molar-refractivity contribution in [3.63, 3.8) is 0 Å². The SMILES string of the molecule is Cc1cc(C)cc(N2CCNCCC2(C)C)c1. The second kappa shape index (κ2) is 4.69. The monoisotopic (exact) mass is 232 g/mol. The molecule has 1 fully saturated rings. The first-order valence-corrected chi connectivity index (χ1v) is 6.56. The van der Waals surface area contributed by atoms with Crippen LogP contribution in [-0.4, -0.2) is 25.2 Å². The molecule has 0 spiro atoms. The van der Waals surface area contributed by atoms with Crippen LogP contribution in [0.15, 0.2) is 18.2 Å². The van der Waals surface area contributed by atoms with E-state index in [-0.39, 0.29) is 5.54 Å². The number of anilines is 1. The Balaban J connectivity index is 2.35. The zero-order valence-electron chi connectivity index (χ0n) is 11.5. The van der Waals surface area contributed by atoms with Crippen LogP contribution >= 0.6 is 0 Å². The van der Waals surface area contributed by atoms with Gasteiger partial charge in [0.15, 0.2) is 0 Å². The van der Waals surface area contributed by atoms with Gasteiger partial charge in [0.25, 0.3) is 0 Å². The van der Waals surface area contributed by atoms with Gasteiger partial charge in [-0.1, -0.05) is 6.07 Å². The zero-order valence-corrected chi connectivity index (χ0v) is 11.5. The molecule has 94 valence electrons. The van der Waals surface area contributed by atoms with Gasteiger partial charge in [0.2, 0.25) is 0 Å². The molecule has 1 heterocycles. The highest BCUT2D eigenvalue weighted by Crippen LogP contribution is 2.28. The molecule has 1 saturated heterocycles. The topological polar surface area (TPSA) is 15.3 Å². The van der Waals surface area contributed by atoms with Crippen LogP contribution in [0.3, 0.4) is 0 Å². The van der Waals surface area contributed by atoms with Crippen molar-refractivity contribution in [2.75, 3.05) is 24.5 Å². The summed E-state index contributed by atoms with van der Waals surface area (Å²) in [6.07, 6.45) is 1.19. The Morgan fingerprint density at radius 2 is 1.71 bits per heavy atom. The van der Waals surface area contributed by atoms with E-state index in [4.69, 9.17) is 0 Å². The van der Waals surface area contributed by atoms with Gasteiger partial charge in [0, 0.05) is 24.3 Å². The number of nitrogens with zero attached hydrogens (tertiary/aromatic N) is 1. The summed E-state index contributed by atoms with van der Waals surface area (Å²) in [6.45, 7) is 12.3. The summed E-state index contributed by atoms with van der Waals surface area (Å²) in [6, 6.07) is 6.85. The number of hydrogen-bond donors (Lipinski definition) is 1. The third kappa shape index (κ3) is 2.81. The minimum absolute atomic E-state index is 0.240. The summed E-state index contributed by atoms with van der Waals surface area (Å²) in [7, 11) is 0. The zero-order chi connectivity index (χ0) is 12.5. The molecule has 0 aliphatic carbocycles. The maximum Gasteiger partial charge on any atom is 0.0376 e. The highest BCUT2D eigenvalue weighted by molar-refractivity contribution is 5.53. The predicted molar refractivity (Wildman–Crippen MR) is 74.8 cm³/mol. The molecule has 0 unspecified atom stereocenters. The largest absolute Gasteiger partial charge is 0.365 e. The number of rotatable bonds is 1. The molecule has 2 rings (SSSR count). The van der Waals surface area contributed by atoms with Gasteiger partial charge in [-0.3, -0.25) is 0 Å². The molecule has 0 saturated carbocycles. The van der Waals surface area contributed by atoms with Crippen LogP contribution in [0.5, 0.6) is 0 Å². The molecule has 1 N–H and O–H groups in total. The summed E-state index contributed by atoms with van der Waals surface area (Å²) >= 11 is 0. The molecule has 1 aromatic rings. The first-order valence-electron chi connectivity index (χ1n) is 6.56. The number of hydrogen-bond acceptors (Lipinski definition) is 2. The molecule has 2 nitrogen and oxygen atoms in total. The predicted octanol–water partition coefficient (Wildman–Crippen LogP) is 2.88. The van der Waals surface area contributed by atoms with Crippen molar-refractivity contribution in [1.29, 1.82) is 0 Å². The summed E-state index contributed by atoms with van der Waals surface area (Å²) in [5, 5.41) is 3.49. The van der Waals surface area contributed by atoms with Crippen molar-refractivity contribution in [2.24, 2.45) is 0 Å². The van der Waals surface area contributed by atoms with Crippen LogP contribution < -0.4 is 10.2 Å². The molecule has 0 bridgehead atoms. The van der Waals surface area contributed by atoms with Gasteiger partial charge >= 0.3 is 0 Å². The first kappa shape index (κ1) is 12.4. The van der Waals surface area contributed by atoms with E-state index < -0.39 is 0 Å². The minimum Gasteiger partial charge on any atom is -0.365 e. The second-order valence-electron chi connectivity index (χ2n) is 5.81. The summed E-state index contributed by atoms with van der Waals surface area (Å²) in [4.78, 5) is 2.55. The number of benzene rings is 1. The molecular weight excluding hydrogens is 208 g/mol. The first-order chi connectivity index (χ1) is 7.99. The van der Waals surface area contributed by atoms with Crippen LogP contribution in [0.25, 0.3) is 0 Å². The number of nitrogens with one attached hydrogen (secondary N) is 1. The smallest absolute Gasteiger partial charge is 0.0376 e. The molecular formula is C15H24N2. The molecule has 1 aromatic carbocycles. The van der Waals surface area contributed by atoms with E-state index in [1.165, 1.54) is 23.2 Å². The highest BCUT2D eigenvalue weighted by atomic mass is 15.2. The van der Waals surface area contributed by atoms with Gasteiger partial charge < -0.3 is 10.2 Å². The third-order valence-corrected chi connectivity index (χ3v) is 3.67. The van der Waals surface area contributed by atoms with Crippen LogP contribution in [0.2, 0.25) is 0 Å². The number of aryl methyl sites for hydroxylation is 2. The molecule has 0 atom stereocenters. The lowest BCUT2D eigenvalue weighted by Crippen LogP contribution is -2.44. The van der Waals surface area contributed by atoms with Crippen LogP contribution in [0.1, 0.15) is 31.4 Å². The molecule has 1 aliphatic rings. The second-order valence-corrected chi connectivity index (χ2v) is 5.81. The molecule has 1 aliphatic heterocycles. The maximum atomic E-state index is 3.49. The quantitative estimate of drug-likeness (QED) is 0.801. The summed E-state index contributed by atoms with van der Waals surface area (Å²) in [5.41, 5.74) is 4.32. The molecule has 17 heavy (non-hydrogen) atoms. The summed E-state index contributed by atoms with van der Waals surface area (Å²) < 4.78 is 0. The summed E-state index contributed by atoms with van der Waals surface area (Å²) in [5.74, 6) is 0. The Hall–Kier alpha value is -1.02. The maximum absolute atomic E-state index is 3.49. The normalized spacial score (nSPS) is 20.1. The fraction of sp³-hybridized carbons (Fsp3) is 0.600. The average molecular weight is 232 g/mol. The molecule has 0 aromatic heterocycles. The Morgan fingerprint density at radius 3 is 2.35 bits per heavy atom. The van der Waals surface area contributed by atoms with Crippen molar-refractivity contribution in [3.8, 4) is 0 Å². The van der Waals surface area contributed by atoms with Gasteiger partial charge in [-0.05, 0) is 63.9 Å². The third-order valence-electron chi connectivity index (χ3n) is 3.67. The Bertz CT molecular complexity index is 376. The molecule has 2 heteroatoms. The van der Waals surface area contributed by atoms with Crippen molar-refractivity contribution in [1.82, 2.24) is 5.32 Å². The fourth-order valence-corrected chi connectivity index (χ4v) is 2.73. The standard InChI is InChI=1S/C15H24N2/c1-12-9-13(2)11-14(10-12)17-8-7-16-6-5-15(17,3)4/h9-11,16H,5-8H2,1-4H3. The van der Waals surface area contributed by atoms with Gasteiger partial charge in [0.05, 0.1) is 0 Å². The minimum atomic E-state index is 0.240. The van der Waals surface area contributed by atoms with Gasteiger partial charge in [-0.2, -0.15) is 0 Å². The van der Waals surface area contributed by atoms with Gasteiger partial charge in [-0.25, -0.2) is 0 Å². The van der Waals surface area contributed by atoms with E-state index in [2.05, 4.69) is 56.1 Å². The Morgan fingerprint density at radius 1 is 1.06 bits per heavy atom. The molecule has 0 amide bonds. The van der Waals surface area contributed by atoms with E-state index >= 15 is 0 Å². The van der Waals surface area contributed by atoms with Crippen molar-refractivity contribution >= 4 is 5.69 Å². The average Bonchev–Trinajstić information content (AvgIpc) is 2.37. The van der Waals surface area contributed by atoms with Crippen LogP contribution in [0.4, 0.5) is 5.69 Å². The van der Waals surface area contributed by atoms with Gasteiger partial charge in [-0.15, -0.1) is 0 Å². The Labute approximate surface area is 105 Å². The van der Waals surface area contributed by atoms with E-state index in [1.807, 2.05) is 0 Å². The van der Waals surface area contributed by atoms with E-state index in [1.54, 1.807) is 0 Å². The van der Waals surface area contributed by atoms with E-state index in [0.717, 1.165) is 19.6 Å². The van der Waals surface area contributed by atoms with Crippen molar-refractivity contribution in [3.05, 3.63) is 29.3 Å². The van der Waals surface area contributed by atoms with Crippen LogP contribution in [0, 0.1) is 13.8 Å². The Kier molecular flexibility index (Phi) is 3.43. The lowest BCUT2D eigenvalue weighted by atomic mass is 9.97. The lowest BCUT2D eigenvalue weighted by molar-refractivity contribution is 0.454. The van der Waals surface area contributed by atoms with E-state index in [9.17, 15) is 0 Å². The lowest BCUT2D eigenvalue weighted by Gasteiger charge is -2.39.